The van der Waals surface area contributed by atoms with Crippen molar-refractivity contribution < 1.29 is 8.42 Å². The summed E-state index contributed by atoms with van der Waals surface area (Å²) in [5, 5.41) is 0. The van der Waals surface area contributed by atoms with Gasteiger partial charge < -0.3 is 0 Å². The summed E-state index contributed by atoms with van der Waals surface area (Å²) in [7, 11) is -3.69. The molecule has 0 aliphatic rings. The molecular weight excluding hydrogens is 368 g/mol. The van der Waals surface area contributed by atoms with Gasteiger partial charge in [-0.25, -0.2) is 13.1 Å². The van der Waals surface area contributed by atoms with Crippen molar-refractivity contribution in [3.05, 3.63) is 63.3 Å². The molecule has 1 atom stereocenters. The predicted octanol–water partition coefficient (Wildman–Crippen LogP) is 3.82. The van der Waals surface area contributed by atoms with Crippen LogP contribution in [0.15, 0.2) is 52.2 Å². The van der Waals surface area contributed by atoms with Crippen LogP contribution >= 0.6 is 11.3 Å². The van der Waals surface area contributed by atoms with Crippen molar-refractivity contribution in [2.45, 2.75) is 44.7 Å². The number of nitrogens with zero attached hydrogens (tertiary/aromatic N) is 1. The van der Waals surface area contributed by atoms with Crippen molar-refractivity contribution in [1.82, 2.24) is 9.29 Å². The van der Waals surface area contributed by atoms with E-state index in [1.807, 2.05) is 45.0 Å². The maximum absolute atomic E-state index is 12.9. The first-order valence-corrected chi connectivity index (χ1v) is 10.9. The monoisotopic (exact) mass is 390 g/mol. The first-order valence-electron chi connectivity index (χ1n) is 8.58. The number of benzene rings is 2. The summed E-state index contributed by atoms with van der Waals surface area (Å²) in [6.07, 6.45) is 0.645. The van der Waals surface area contributed by atoms with E-state index in [-0.39, 0.29) is 15.8 Å². The Bertz CT molecular complexity index is 1100. The molecule has 26 heavy (non-hydrogen) atoms. The Morgan fingerprint density at radius 3 is 2.54 bits per heavy atom. The summed E-state index contributed by atoms with van der Waals surface area (Å²) >= 11 is 1.07. The summed E-state index contributed by atoms with van der Waals surface area (Å²) in [5.74, 6) is 0. The zero-order valence-electron chi connectivity index (χ0n) is 15.0. The minimum Gasteiger partial charge on any atom is -0.299 e. The van der Waals surface area contributed by atoms with E-state index in [9.17, 15) is 13.2 Å². The lowest BCUT2D eigenvalue weighted by molar-refractivity contribution is 0.549. The van der Waals surface area contributed by atoms with Crippen LogP contribution in [-0.4, -0.2) is 13.0 Å². The molecule has 7 heteroatoms. The van der Waals surface area contributed by atoms with Crippen LogP contribution in [0.4, 0.5) is 0 Å². The van der Waals surface area contributed by atoms with Gasteiger partial charge in [-0.05, 0) is 49.6 Å². The van der Waals surface area contributed by atoms with Gasteiger partial charge in [0.15, 0.2) is 0 Å². The molecule has 0 unspecified atom stereocenters. The molecule has 138 valence electrons. The average molecular weight is 391 g/mol. The molecule has 0 amide bonds. The van der Waals surface area contributed by atoms with Gasteiger partial charge in [0.2, 0.25) is 10.0 Å². The van der Waals surface area contributed by atoms with Gasteiger partial charge in [0.25, 0.3) is 0 Å². The third-order valence-corrected chi connectivity index (χ3v) is 6.95. The third-order valence-electron chi connectivity index (χ3n) is 4.54. The minimum atomic E-state index is -3.69. The molecule has 0 radical (unpaired) electrons. The number of hydrogen-bond donors (Lipinski definition) is 1. The summed E-state index contributed by atoms with van der Waals surface area (Å²) in [6, 6.07) is 12.3. The molecule has 0 saturated heterocycles. The van der Waals surface area contributed by atoms with Crippen molar-refractivity contribution >= 4 is 31.6 Å². The molecule has 3 rings (SSSR count). The van der Waals surface area contributed by atoms with Crippen LogP contribution in [0, 0.1) is 6.92 Å². The molecule has 5 nitrogen and oxygen atoms in total. The molecule has 0 aliphatic heterocycles. The predicted molar refractivity (Wildman–Crippen MR) is 106 cm³/mol. The first kappa shape index (κ1) is 18.8. The van der Waals surface area contributed by atoms with Crippen LogP contribution in [0.25, 0.3) is 10.2 Å². The van der Waals surface area contributed by atoms with Crippen molar-refractivity contribution in [3.63, 3.8) is 0 Å². The highest BCUT2D eigenvalue weighted by atomic mass is 32.2. The quantitative estimate of drug-likeness (QED) is 0.696. The molecule has 3 aromatic rings. The van der Waals surface area contributed by atoms with E-state index < -0.39 is 10.0 Å². The van der Waals surface area contributed by atoms with E-state index in [1.165, 1.54) is 0 Å². The van der Waals surface area contributed by atoms with Gasteiger partial charge in [-0.3, -0.25) is 9.36 Å². The fourth-order valence-electron chi connectivity index (χ4n) is 3.11. The maximum atomic E-state index is 12.9. The lowest BCUT2D eigenvalue weighted by Gasteiger charge is -2.19. The SMILES string of the molecule is CC[C@H](NS(=O)(=O)c1ccc2c(c1)sc(=O)n2CC)c1ccccc1C. The Morgan fingerprint density at radius 1 is 1.15 bits per heavy atom. The first-order chi connectivity index (χ1) is 12.4. The van der Waals surface area contributed by atoms with E-state index in [2.05, 4.69) is 4.72 Å². The topological polar surface area (TPSA) is 68.2 Å². The number of fused-ring (bicyclic) bond motifs is 1. The van der Waals surface area contributed by atoms with Crippen molar-refractivity contribution in [1.29, 1.82) is 0 Å². The molecule has 0 spiro atoms. The molecule has 0 saturated carbocycles. The zero-order chi connectivity index (χ0) is 18.9. The molecule has 1 aromatic heterocycles. The molecule has 1 heterocycles. The fraction of sp³-hybridized carbons (Fsp3) is 0.316. The summed E-state index contributed by atoms with van der Waals surface area (Å²) < 4.78 is 30.9. The van der Waals surface area contributed by atoms with Crippen LogP contribution in [-0.2, 0) is 16.6 Å². The van der Waals surface area contributed by atoms with E-state index in [1.54, 1.807) is 22.8 Å². The normalized spacial score (nSPS) is 13.2. The molecule has 2 aromatic carbocycles. The van der Waals surface area contributed by atoms with Crippen LogP contribution in [0.1, 0.15) is 37.4 Å². The average Bonchev–Trinajstić information content (AvgIpc) is 2.94. The fourth-order valence-corrected chi connectivity index (χ4v) is 5.51. The molecular formula is C19H22N2O3S2. The second-order valence-corrected chi connectivity index (χ2v) is 8.89. The van der Waals surface area contributed by atoms with Gasteiger partial charge in [-0.15, -0.1) is 0 Å². The lowest BCUT2D eigenvalue weighted by atomic mass is 10.0. The lowest BCUT2D eigenvalue weighted by Crippen LogP contribution is -2.28. The second-order valence-electron chi connectivity index (χ2n) is 6.18. The number of aromatic nitrogens is 1. The van der Waals surface area contributed by atoms with E-state index in [0.29, 0.717) is 17.7 Å². The van der Waals surface area contributed by atoms with Gasteiger partial charge in [0.1, 0.15) is 0 Å². The number of nitrogens with one attached hydrogen (secondary N) is 1. The van der Waals surface area contributed by atoms with Crippen LogP contribution in [0.5, 0.6) is 0 Å². The minimum absolute atomic E-state index is 0.0728. The number of hydrogen-bond acceptors (Lipinski definition) is 4. The number of rotatable bonds is 6. The summed E-state index contributed by atoms with van der Waals surface area (Å²) in [4.78, 5) is 12.1. The molecule has 0 aliphatic carbocycles. The third kappa shape index (κ3) is 3.47. The molecule has 0 fully saturated rings. The van der Waals surface area contributed by atoms with Gasteiger partial charge in [-0.2, -0.15) is 0 Å². The number of sulfonamides is 1. The Kier molecular flexibility index (Phi) is 5.32. The molecule has 1 N–H and O–H groups in total. The standard InChI is InChI=1S/C19H22N2O3S2/c1-4-16(15-9-7-6-8-13(15)3)20-26(23,24)14-10-11-17-18(12-14)25-19(22)21(17)5-2/h6-12,16,20H,4-5H2,1-3H3/t16-/m0/s1. The highest BCUT2D eigenvalue weighted by Gasteiger charge is 2.22. The Labute approximate surface area is 157 Å². The summed E-state index contributed by atoms with van der Waals surface area (Å²) in [6.45, 7) is 6.39. The van der Waals surface area contributed by atoms with Gasteiger partial charge in [0, 0.05) is 12.6 Å². The van der Waals surface area contributed by atoms with Gasteiger partial charge in [-0.1, -0.05) is 42.5 Å². The van der Waals surface area contributed by atoms with E-state index in [0.717, 1.165) is 28.0 Å². The Balaban J connectivity index is 1.98. The highest BCUT2D eigenvalue weighted by Crippen LogP contribution is 2.25. The molecule has 0 bridgehead atoms. The Hall–Kier alpha value is -1.96. The smallest absolute Gasteiger partial charge is 0.299 e. The number of aryl methyl sites for hydroxylation is 2. The van der Waals surface area contributed by atoms with E-state index in [4.69, 9.17) is 0 Å². The van der Waals surface area contributed by atoms with Crippen LogP contribution in [0.2, 0.25) is 0 Å². The summed E-state index contributed by atoms with van der Waals surface area (Å²) in [5.41, 5.74) is 2.80. The Morgan fingerprint density at radius 2 is 1.88 bits per heavy atom. The largest absolute Gasteiger partial charge is 0.308 e. The van der Waals surface area contributed by atoms with E-state index >= 15 is 0 Å². The van der Waals surface area contributed by atoms with Crippen molar-refractivity contribution in [2.75, 3.05) is 0 Å². The zero-order valence-corrected chi connectivity index (χ0v) is 16.7. The number of thiazole rings is 1. The van der Waals surface area contributed by atoms with Gasteiger partial charge in [0.05, 0.1) is 15.1 Å². The van der Waals surface area contributed by atoms with Gasteiger partial charge >= 0.3 is 4.87 Å². The van der Waals surface area contributed by atoms with Crippen LogP contribution in [0.3, 0.4) is 0 Å². The maximum Gasteiger partial charge on any atom is 0.308 e. The second kappa shape index (κ2) is 7.34. The van der Waals surface area contributed by atoms with Crippen molar-refractivity contribution in [2.24, 2.45) is 0 Å². The van der Waals surface area contributed by atoms with Crippen LogP contribution < -0.4 is 9.60 Å². The highest BCUT2D eigenvalue weighted by molar-refractivity contribution is 7.89. The van der Waals surface area contributed by atoms with Crippen molar-refractivity contribution in [3.8, 4) is 0 Å².